The second-order valence-electron chi connectivity index (χ2n) is 2.58. The maximum absolute atomic E-state index is 10.9. The zero-order valence-corrected chi connectivity index (χ0v) is 8.48. The number of nitrogens with one attached hydrogen (secondary N) is 1. The zero-order valence-electron chi connectivity index (χ0n) is 8.48. The van der Waals surface area contributed by atoms with Crippen LogP contribution in [0.3, 0.4) is 0 Å². The number of carboxylic acids is 1. The van der Waals surface area contributed by atoms with E-state index in [0.717, 1.165) is 0 Å². The van der Waals surface area contributed by atoms with Crippen molar-refractivity contribution in [1.82, 2.24) is 5.32 Å². The summed E-state index contributed by atoms with van der Waals surface area (Å²) in [5, 5.41) is 9.78. The van der Waals surface area contributed by atoms with Gasteiger partial charge in [-0.25, -0.2) is 4.79 Å². The van der Waals surface area contributed by atoms with E-state index in [1.165, 1.54) is 0 Å². The highest BCUT2D eigenvalue weighted by molar-refractivity contribution is 5.93. The first-order chi connectivity index (χ1) is 7.49. The van der Waals surface area contributed by atoms with Crippen molar-refractivity contribution in [2.24, 2.45) is 0 Å². The topological polar surface area (TPSA) is 66.4 Å². The van der Waals surface area contributed by atoms with E-state index < -0.39 is 12.4 Å². The molecule has 16 heavy (non-hydrogen) atoms. The zero-order chi connectivity index (χ0) is 12.6. The lowest BCUT2D eigenvalue weighted by Gasteiger charge is -1.96. The van der Waals surface area contributed by atoms with E-state index in [1.54, 1.807) is 19.2 Å². The monoisotopic (exact) mass is 231 g/mol. The van der Waals surface area contributed by atoms with Gasteiger partial charge in [0.2, 0.25) is 0 Å². The molecule has 6 heteroatoms. The molecule has 0 aliphatic rings. The van der Waals surface area contributed by atoms with Gasteiger partial charge in [0.1, 0.15) is 0 Å². The van der Waals surface area contributed by atoms with Gasteiger partial charge in [0, 0.05) is 12.6 Å². The van der Waals surface area contributed by atoms with Crippen LogP contribution in [-0.4, -0.2) is 30.5 Å². The molecule has 4 nitrogen and oxygen atoms in total. The van der Waals surface area contributed by atoms with Crippen molar-refractivity contribution in [3.63, 3.8) is 0 Å². The third-order valence-corrected chi connectivity index (χ3v) is 1.45. The lowest BCUT2D eigenvalue weighted by atomic mass is 10.2. The Bertz CT molecular complexity index is 341. The van der Waals surface area contributed by atoms with Crippen LogP contribution in [0.5, 0.6) is 0 Å². The minimum absolute atomic E-state index is 0.0411. The van der Waals surface area contributed by atoms with E-state index in [4.69, 9.17) is 9.90 Å². The number of hydrogen-bond donors (Lipinski definition) is 2. The van der Waals surface area contributed by atoms with Crippen LogP contribution in [0.25, 0.3) is 0 Å². The molecule has 0 bridgehead atoms. The van der Waals surface area contributed by atoms with E-state index in [-0.39, 0.29) is 5.91 Å². The molecule has 1 aromatic rings. The predicted molar refractivity (Wildman–Crippen MR) is 53.5 cm³/mol. The number of benzene rings is 1. The van der Waals surface area contributed by atoms with Crippen LogP contribution in [0.2, 0.25) is 0 Å². The summed E-state index contributed by atoms with van der Waals surface area (Å²) in [5.74, 6) is -2.12. The Morgan fingerprint density at radius 2 is 1.69 bits per heavy atom. The summed E-state index contributed by atoms with van der Waals surface area (Å²) in [6.07, 6.45) is -3.23. The van der Waals surface area contributed by atoms with Gasteiger partial charge in [0.25, 0.3) is 5.91 Å². The third-order valence-electron chi connectivity index (χ3n) is 1.45. The van der Waals surface area contributed by atoms with Crippen LogP contribution >= 0.6 is 0 Å². The largest absolute Gasteiger partial charge is 0.477 e. The maximum atomic E-state index is 10.9. The van der Waals surface area contributed by atoms with Crippen LogP contribution in [0.4, 0.5) is 8.78 Å². The third kappa shape index (κ3) is 5.69. The Morgan fingerprint density at radius 1 is 1.25 bits per heavy atom. The van der Waals surface area contributed by atoms with Crippen molar-refractivity contribution in [1.29, 1.82) is 0 Å². The Hall–Kier alpha value is -1.98. The highest BCUT2D eigenvalue weighted by Gasteiger charge is 2.10. The minimum Gasteiger partial charge on any atom is -0.477 e. The highest BCUT2D eigenvalue weighted by atomic mass is 19.3. The van der Waals surface area contributed by atoms with Crippen molar-refractivity contribution in [2.45, 2.75) is 6.43 Å². The number of amides is 1. The van der Waals surface area contributed by atoms with Crippen molar-refractivity contribution in [2.75, 3.05) is 7.05 Å². The lowest BCUT2D eigenvalue weighted by molar-refractivity contribution is -0.149. The summed E-state index contributed by atoms with van der Waals surface area (Å²) in [6.45, 7) is 0. The fraction of sp³-hybridized carbons (Fsp3) is 0.200. The molecule has 1 rings (SSSR count). The second-order valence-corrected chi connectivity index (χ2v) is 2.58. The summed E-state index contributed by atoms with van der Waals surface area (Å²) in [7, 11) is 1.62. The number of hydrogen-bond acceptors (Lipinski definition) is 2. The van der Waals surface area contributed by atoms with Crippen molar-refractivity contribution in [3.8, 4) is 0 Å². The fourth-order valence-corrected chi connectivity index (χ4v) is 0.734. The molecule has 0 saturated carbocycles. The van der Waals surface area contributed by atoms with Gasteiger partial charge in [0.05, 0.1) is 0 Å². The molecule has 0 aliphatic heterocycles. The molecule has 0 spiro atoms. The quantitative estimate of drug-likeness (QED) is 0.808. The maximum Gasteiger partial charge on any atom is 0.371 e. The second kappa shape index (κ2) is 7.33. The molecule has 0 aromatic heterocycles. The molecule has 1 aromatic carbocycles. The molecule has 1 amide bonds. The highest BCUT2D eigenvalue weighted by Crippen LogP contribution is 1.96. The van der Waals surface area contributed by atoms with Crippen LogP contribution in [0.15, 0.2) is 30.3 Å². The fourth-order valence-electron chi connectivity index (χ4n) is 0.734. The molecular formula is C10H11F2NO3. The lowest BCUT2D eigenvalue weighted by Crippen LogP contribution is -2.17. The minimum atomic E-state index is -3.23. The first-order valence-electron chi connectivity index (χ1n) is 4.27. The first kappa shape index (κ1) is 14.0. The van der Waals surface area contributed by atoms with Gasteiger partial charge in [0.15, 0.2) is 0 Å². The van der Waals surface area contributed by atoms with Gasteiger partial charge in [-0.1, -0.05) is 18.2 Å². The van der Waals surface area contributed by atoms with Gasteiger partial charge < -0.3 is 10.4 Å². The average molecular weight is 231 g/mol. The number of carbonyl (C=O) groups excluding carboxylic acids is 1. The van der Waals surface area contributed by atoms with Crippen molar-refractivity contribution in [3.05, 3.63) is 35.9 Å². The first-order valence-corrected chi connectivity index (χ1v) is 4.27. The molecule has 0 aliphatic carbocycles. The Labute approximate surface area is 90.9 Å². The molecule has 0 fully saturated rings. The molecule has 0 saturated heterocycles. The Morgan fingerprint density at radius 3 is 2.00 bits per heavy atom. The van der Waals surface area contributed by atoms with Crippen LogP contribution in [0, 0.1) is 0 Å². The van der Waals surface area contributed by atoms with Crippen LogP contribution < -0.4 is 5.32 Å². The summed E-state index contributed by atoms with van der Waals surface area (Å²) in [4.78, 5) is 19.9. The van der Waals surface area contributed by atoms with Crippen LogP contribution in [-0.2, 0) is 4.79 Å². The molecule has 88 valence electrons. The average Bonchev–Trinajstić information content (AvgIpc) is 2.30. The van der Waals surface area contributed by atoms with E-state index in [0.29, 0.717) is 5.56 Å². The summed E-state index contributed by atoms with van der Waals surface area (Å²) >= 11 is 0. The number of halogens is 2. The predicted octanol–water partition coefficient (Wildman–Crippen LogP) is 1.38. The van der Waals surface area contributed by atoms with Crippen molar-refractivity contribution >= 4 is 11.9 Å². The van der Waals surface area contributed by atoms with E-state index in [2.05, 4.69) is 5.32 Å². The standard InChI is InChI=1S/C8H9NO.C2H2F2O2/c1-9-8(10)7-5-3-2-4-6-7;3-1(4)2(5)6/h2-6H,1H3,(H,9,10);1H,(H,5,6). The summed E-state index contributed by atoms with van der Waals surface area (Å²) in [5.41, 5.74) is 0.699. The number of carboxylic acid groups (broad SMARTS) is 1. The Balaban J connectivity index is 0.000000325. The van der Waals surface area contributed by atoms with Gasteiger partial charge in [-0.15, -0.1) is 0 Å². The van der Waals surface area contributed by atoms with Gasteiger partial charge in [-0.3, -0.25) is 4.79 Å². The van der Waals surface area contributed by atoms with Gasteiger partial charge in [-0.05, 0) is 12.1 Å². The van der Waals surface area contributed by atoms with E-state index in [1.807, 2.05) is 18.2 Å². The normalized spacial score (nSPS) is 9.00. The number of alkyl halides is 2. The number of rotatable bonds is 2. The summed E-state index contributed by atoms with van der Waals surface area (Å²) in [6, 6.07) is 9.11. The van der Waals surface area contributed by atoms with Gasteiger partial charge >= 0.3 is 12.4 Å². The summed E-state index contributed by atoms with van der Waals surface area (Å²) < 4.78 is 21.1. The Kier molecular flexibility index (Phi) is 6.42. The molecule has 0 heterocycles. The molecule has 0 radical (unpaired) electrons. The SMILES string of the molecule is CNC(=O)c1ccccc1.O=C(O)C(F)F. The molecule has 0 atom stereocenters. The smallest absolute Gasteiger partial charge is 0.371 e. The van der Waals surface area contributed by atoms with E-state index >= 15 is 0 Å². The number of carbonyl (C=O) groups is 2. The molecular weight excluding hydrogens is 220 g/mol. The van der Waals surface area contributed by atoms with Crippen LogP contribution in [0.1, 0.15) is 10.4 Å². The number of aliphatic carboxylic acids is 1. The van der Waals surface area contributed by atoms with E-state index in [9.17, 15) is 13.6 Å². The van der Waals surface area contributed by atoms with Gasteiger partial charge in [-0.2, -0.15) is 8.78 Å². The van der Waals surface area contributed by atoms with Crippen molar-refractivity contribution < 1.29 is 23.5 Å². The molecule has 0 unspecified atom stereocenters. The molecule has 2 N–H and O–H groups in total.